The van der Waals surface area contributed by atoms with Gasteiger partial charge in [-0.3, -0.25) is 4.79 Å². The number of hydrogen-bond acceptors (Lipinski definition) is 6. The fraction of sp³-hybridized carbons (Fsp3) is 0.0909. The number of rotatable bonds is 5. The first kappa shape index (κ1) is 18.8. The van der Waals surface area contributed by atoms with Crippen molar-refractivity contribution in [2.24, 2.45) is 0 Å². The molecule has 0 saturated heterocycles. The third-order valence-electron chi connectivity index (χ3n) is 4.19. The van der Waals surface area contributed by atoms with E-state index < -0.39 is 11.4 Å². The van der Waals surface area contributed by atoms with E-state index >= 15 is 0 Å². The van der Waals surface area contributed by atoms with Crippen molar-refractivity contribution in [2.45, 2.75) is 6.92 Å². The van der Waals surface area contributed by atoms with Crippen LogP contribution in [0.15, 0.2) is 74.5 Å². The van der Waals surface area contributed by atoms with E-state index in [1.165, 1.54) is 12.3 Å². The van der Waals surface area contributed by atoms with Crippen LogP contribution in [-0.4, -0.2) is 12.6 Å². The maximum absolute atomic E-state index is 13.0. The molecule has 29 heavy (non-hydrogen) atoms. The average molecular weight is 411 g/mol. The Morgan fingerprint density at radius 2 is 1.90 bits per heavy atom. The molecule has 2 aromatic heterocycles. The summed E-state index contributed by atoms with van der Waals surface area (Å²) in [5, 5.41) is 0.600. The summed E-state index contributed by atoms with van der Waals surface area (Å²) in [4.78, 5) is 25.4. The molecule has 0 N–H and O–H groups in total. The highest BCUT2D eigenvalue weighted by atomic mass is 35.5. The molecule has 0 bridgehead atoms. The maximum Gasteiger partial charge on any atom is 0.349 e. The smallest absolute Gasteiger partial charge is 0.349 e. The summed E-state index contributed by atoms with van der Waals surface area (Å²) in [6, 6.07) is 15.2. The van der Waals surface area contributed by atoms with Crippen molar-refractivity contribution in [2.75, 3.05) is 6.61 Å². The molecule has 0 aliphatic carbocycles. The van der Waals surface area contributed by atoms with Gasteiger partial charge in [0.2, 0.25) is 16.9 Å². The first-order valence-corrected chi connectivity index (χ1v) is 9.10. The number of esters is 1. The van der Waals surface area contributed by atoms with Crippen molar-refractivity contribution in [1.82, 2.24) is 0 Å². The minimum absolute atomic E-state index is 0.0160. The number of halogens is 1. The monoisotopic (exact) mass is 410 g/mol. The Balaban J connectivity index is 1.72. The van der Waals surface area contributed by atoms with Crippen LogP contribution in [0.5, 0.6) is 11.5 Å². The van der Waals surface area contributed by atoms with Crippen LogP contribution in [0.4, 0.5) is 0 Å². The van der Waals surface area contributed by atoms with Gasteiger partial charge in [0.05, 0.1) is 11.6 Å². The molecule has 0 unspecified atom stereocenters. The van der Waals surface area contributed by atoms with Gasteiger partial charge in [0, 0.05) is 5.02 Å². The van der Waals surface area contributed by atoms with Crippen LogP contribution in [0, 0.1) is 6.92 Å². The Morgan fingerprint density at radius 3 is 2.62 bits per heavy atom. The van der Waals surface area contributed by atoms with Gasteiger partial charge in [0.15, 0.2) is 12.4 Å². The van der Waals surface area contributed by atoms with Gasteiger partial charge in [-0.25, -0.2) is 4.79 Å². The van der Waals surface area contributed by atoms with E-state index in [2.05, 4.69) is 0 Å². The first-order valence-electron chi connectivity index (χ1n) is 8.72. The lowest BCUT2D eigenvalue weighted by atomic mass is 10.1. The molecule has 0 aliphatic rings. The lowest BCUT2D eigenvalue weighted by molar-refractivity contribution is -0.136. The normalized spacial score (nSPS) is 10.8. The third-order valence-corrected chi connectivity index (χ3v) is 4.60. The van der Waals surface area contributed by atoms with Crippen LogP contribution < -0.4 is 14.9 Å². The number of benzene rings is 2. The number of ether oxygens (including phenoxy) is 2. The van der Waals surface area contributed by atoms with E-state index in [-0.39, 0.29) is 29.3 Å². The summed E-state index contributed by atoms with van der Waals surface area (Å²) >= 11 is 6.15. The van der Waals surface area contributed by atoms with E-state index in [0.29, 0.717) is 16.4 Å². The zero-order valence-electron chi connectivity index (χ0n) is 15.3. The van der Waals surface area contributed by atoms with Crippen molar-refractivity contribution in [3.8, 4) is 23.0 Å². The molecule has 0 atom stereocenters. The minimum atomic E-state index is -0.758. The fourth-order valence-electron chi connectivity index (χ4n) is 2.76. The molecule has 4 rings (SSSR count). The van der Waals surface area contributed by atoms with Crippen molar-refractivity contribution < 1.29 is 23.1 Å². The van der Waals surface area contributed by atoms with Crippen LogP contribution >= 0.6 is 11.6 Å². The molecule has 4 aromatic rings. The van der Waals surface area contributed by atoms with Crippen molar-refractivity contribution in [3.63, 3.8) is 0 Å². The standard InChI is InChI=1S/C22H15ClO6/c1-13-10-18-15(11-16(13)23)20(25)22(21(28-18)17-8-5-9-26-17)29-19(24)12-27-14-6-3-2-4-7-14/h2-11H,12H2,1H3. The summed E-state index contributed by atoms with van der Waals surface area (Å²) in [6.07, 6.45) is 1.43. The SMILES string of the molecule is Cc1cc2oc(-c3ccco3)c(OC(=O)COc3ccccc3)c(=O)c2cc1Cl. The molecule has 2 heterocycles. The third kappa shape index (κ3) is 3.88. The highest BCUT2D eigenvalue weighted by molar-refractivity contribution is 6.32. The molecule has 0 amide bonds. The van der Waals surface area contributed by atoms with Crippen LogP contribution in [0.2, 0.25) is 5.02 Å². The Bertz CT molecular complexity index is 1230. The van der Waals surface area contributed by atoms with E-state index in [0.717, 1.165) is 5.56 Å². The molecular weight excluding hydrogens is 396 g/mol. The zero-order valence-corrected chi connectivity index (χ0v) is 16.1. The number of carbonyl (C=O) groups excluding carboxylic acids is 1. The Morgan fingerprint density at radius 1 is 1.10 bits per heavy atom. The molecule has 146 valence electrons. The summed E-state index contributed by atoms with van der Waals surface area (Å²) < 4.78 is 21.9. The van der Waals surface area contributed by atoms with E-state index in [1.807, 2.05) is 6.07 Å². The quantitative estimate of drug-likeness (QED) is 0.431. The van der Waals surface area contributed by atoms with Crippen LogP contribution in [0.1, 0.15) is 5.56 Å². The minimum Gasteiger partial charge on any atom is -0.482 e. The number of carbonyl (C=O) groups is 1. The lowest BCUT2D eigenvalue weighted by Crippen LogP contribution is -2.21. The fourth-order valence-corrected chi connectivity index (χ4v) is 2.93. The van der Waals surface area contributed by atoms with Crippen LogP contribution in [0.3, 0.4) is 0 Å². The number of para-hydroxylation sites is 1. The average Bonchev–Trinajstić information content (AvgIpc) is 3.25. The Labute approximate surface area is 170 Å². The van der Waals surface area contributed by atoms with Gasteiger partial charge >= 0.3 is 5.97 Å². The second kappa shape index (κ2) is 7.85. The second-order valence-corrected chi connectivity index (χ2v) is 6.65. The van der Waals surface area contributed by atoms with Gasteiger partial charge < -0.3 is 18.3 Å². The summed E-state index contributed by atoms with van der Waals surface area (Å²) in [5.74, 6) is -0.269. The molecule has 7 heteroatoms. The number of hydrogen-bond donors (Lipinski definition) is 0. The van der Waals surface area contributed by atoms with Gasteiger partial charge in [0.1, 0.15) is 11.3 Å². The Hall–Kier alpha value is -3.51. The molecule has 0 radical (unpaired) electrons. The largest absolute Gasteiger partial charge is 0.482 e. The predicted octanol–water partition coefficient (Wildman–Crippen LogP) is 5.00. The molecule has 0 fully saturated rings. The predicted molar refractivity (Wildman–Crippen MR) is 108 cm³/mol. The van der Waals surface area contributed by atoms with Gasteiger partial charge in [-0.05, 0) is 48.9 Å². The molecular formula is C22H15ClO6. The van der Waals surface area contributed by atoms with E-state index in [1.54, 1.807) is 49.4 Å². The zero-order chi connectivity index (χ0) is 20.4. The molecule has 0 saturated carbocycles. The highest BCUT2D eigenvalue weighted by Gasteiger charge is 2.23. The van der Waals surface area contributed by atoms with Gasteiger partial charge in [0.25, 0.3) is 0 Å². The van der Waals surface area contributed by atoms with Crippen LogP contribution in [0.25, 0.3) is 22.5 Å². The van der Waals surface area contributed by atoms with E-state index in [9.17, 15) is 9.59 Å². The maximum atomic E-state index is 13.0. The molecule has 6 nitrogen and oxygen atoms in total. The van der Waals surface area contributed by atoms with Gasteiger partial charge in [-0.1, -0.05) is 29.8 Å². The molecule has 0 aliphatic heterocycles. The molecule has 0 spiro atoms. The second-order valence-electron chi connectivity index (χ2n) is 6.24. The highest BCUT2D eigenvalue weighted by Crippen LogP contribution is 2.33. The Kier molecular flexibility index (Phi) is 5.10. The number of fused-ring (bicyclic) bond motifs is 1. The van der Waals surface area contributed by atoms with Crippen molar-refractivity contribution in [3.05, 3.63) is 81.7 Å². The number of aryl methyl sites for hydroxylation is 1. The summed E-state index contributed by atoms with van der Waals surface area (Å²) in [6.45, 7) is 1.41. The number of furan rings is 1. The first-order chi connectivity index (χ1) is 14.0. The van der Waals surface area contributed by atoms with E-state index in [4.69, 9.17) is 29.9 Å². The van der Waals surface area contributed by atoms with Crippen molar-refractivity contribution in [1.29, 1.82) is 0 Å². The van der Waals surface area contributed by atoms with Gasteiger partial charge in [-0.2, -0.15) is 0 Å². The van der Waals surface area contributed by atoms with Crippen LogP contribution in [-0.2, 0) is 4.79 Å². The topological polar surface area (TPSA) is 78.9 Å². The van der Waals surface area contributed by atoms with Gasteiger partial charge in [-0.15, -0.1) is 0 Å². The van der Waals surface area contributed by atoms with Crippen molar-refractivity contribution >= 4 is 28.5 Å². The lowest BCUT2D eigenvalue weighted by Gasteiger charge is -2.10. The summed E-state index contributed by atoms with van der Waals surface area (Å²) in [7, 11) is 0. The summed E-state index contributed by atoms with van der Waals surface area (Å²) in [5.41, 5.74) is 0.518. The molecule has 2 aromatic carbocycles.